The highest BCUT2D eigenvalue weighted by atomic mass is 32.1. The summed E-state index contributed by atoms with van der Waals surface area (Å²) in [5.41, 5.74) is 4.63. The van der Waals surface area contributed by atoms with Crippen molar-refractivity contribution in [2.75, 3.05) is 11.9 Å². The largest absolute Gasteiger partial charge is 0.339 e. The summed E-state index contributed by atoms with van der Waals surface area (Å²) in [7, 11) is 0. The van der Waals surface area contributed by atoms with Gasteiger partial charge in [0.2, 0.25) is 0 Å². The van der Waals surface area contributed by atoms with Crippen LogP contribution in [0.1, 0.15) is 11.1 Å². The number of thiol groups is 1. The molecule has 4 nitrogen and oxygen atoms in total. The molecule has 0 aliphatic carbocycles. The summed E-state index contributed by atoms with van der Waals surface area (Å²) in [4.78, 5) is 10.0. The van der Waals surface area contributed by atoms with E-state index in [2.05, 4.69) is 51.4 Å². The maximum Gasteiger partial charge on any atom is 0.133 e. The van der Waals surface area contributed by atoms with Gasteiger partial charge in [-0.15, -0.1) is 12.6 Å². The van der Waals surface area contributed by atoms with Crippen molar-refractivity contribution >= 4 is 35.0 Å². The standard InChI is InChI=1S/C17H16N4.C6H6S/c1-2-4-16-12(3-1)9-14(11-20-16)21-17-15-6-7-18-10-13(15)5-8-19-17;7-6-4-2-1-3-5-6/h1-5,8-9,11,18H,6-7,10H2,(H,19,21);1-5,7H. The lowest BCUT2D eigenvalue weighted by atomic mass is 10.0. The molecule has 0 fully saturated rings. The molecule has 1 aliphatic heterocycles. The Hall–Kier alpha value is -2.89. The normalized spacial score (nSPS) is 12.6. The summed E-state index contributed by atoms with van der Waals surface area (Å²) in [6, 6.07) is 22.1. The van der Waals surface area contributed by atoms with Crippen molar-refractivity contribution in [3.63, 3.8) is 0 Å². The first-order chi connectivity index (χ1) is 13.8. The van der Waals surface area contributed by atoms with Crippen molar-refractivity contribution in [1.82, 2.24) is 15.3 Å². The number of para-hydroxylation sites is 1. The van der Waals surface area contributed by atoms with Gasteiger partial charge in [-0.1, -0.05) is 36.4 Å². The highest BCUT2D eigenvalue weighted by Crippen LogP contribution is 2.25. The van der Waals surface area contributed by atoms with Crippen LogP contribution in [-0.2, 0) is 13.0 Å². The topological polar surface area (TPSA) is 49.8 Å². The van der Waals surface area contributed by atoms with Gasteiger partial charge < -0.3 is 10.6 Å². The summed E-state index contributed by atoms with van der Waals surface area (Å²) in [5.74, 6) is 0.950. The Kier molecular flexibility index (Phi) is 5.85. The number of rotatable bonds is 2. The Labute approximate surface area is 170 Å². The number of hydrogen-bond acceptors (Lipinski definition) is 5. The summed E-state index contributed by atoms with van der Waals surface area (Å²) in [5, 5.41) is 7.94. The highest BCUT2D eigenvalue weighted by molar-refractivity contribution is 7.80. The Morgan fingerprint density at radius 2 is 1.75 bits per heavy atom. The maximum absolute atomic E-state index is 4.50. The van der Waals surface area contributed by atoms with Crippen LogP contribution in [0.4, 0.5) is 11.5 Å². The quantitative estimate of drug-likeness (QED) is 0.425. The van der Waals surface area contributed by atoms with Crippen LogP contribution in [0.5, 0.6) is 0 Å². The highest BCUT2D eigenvalue weighted by Gasteiger charge is 2.13. The van der Waals surface area contributed by atoms with Crippen LogP contribution in [0.3, 0.4) is 0 Å². The lowest BCUT2D eigenvalue weighted by molar-refractivity contribution is 0.642. The van der Waals surface area contributed by atoms with Gasteiger partial charge in [0.05, 0.1) is 17.4 Å². The fraction of sp³-hybridized carbons (Fsp3) is 0.130. The second-order valence-electron chi connectivity index (χ2n) is 6.60. The zero-order valence-electron chi connectivity index (χ0n) is 15.5. The molecule has 0 saturated carbocycles. The molecule has 0 radical (unpaired) electrons. The molecule has 4 aromatic rings. The van der Waals surface area contributed by atoms with E-state index in [9.17, 15) is 0 Å². The van der Waals surface area contributed by atoms with Crippen LogP contribution < -0.4 is 10.6 Å². The van der Waals surface area contributed by atoms with Crippen molar-refractivity contribution in [3.8, 4) is 0 Å². The first-order valence-corrected chi connectivity index (χ1v) is 9.77. The Morgan fingerprint density at radius 3 is 2.57 bits per heavy atom. The summed E-state index contributed by atoms with van der Waals surface area (Å²) >= 11 is 4.08. The van der Waals surface area contributed by atoms with E-state index in [1.54, 1.807) is 0 Å². The predicted octanol–water partition coefficient (Wildman–Crippen LogP) is 4.99. The number of hydrogen-bond donors (Lipinski definition) is 3. The van der Waals surface area contributed by atoms with E-state index in [-0.39, 0.29) is 0 Å². The van der Waals surface area contributed by atoms with Gasteiger partial charge in [0.25, 0.3) is 0 Å². The molecule has 2 N–H and O–H groups in total. The average molecular weight is 387 g/mol. The number of aromatic nitrogens is 2. The average Bonchev–Trinajstić information content (AvgIpc) is 2.75. The van der Waals surface area contributed by atoms with Crippen LogP contribution in [0, 0.1) is 0 Å². The smallest absolute Gasteiger partial charge is 0.133 e. The van der Waals surface area contributed by atoms with Crippen molar-refractivity contribution in [1.29, 1.82) is 0 Å². The van der Waals surface area contributed by atoms with Crippen molar-refractivity contribution in [3.05, 3.63) is 90.3 Å². The van der Waals surface area contributed by atoms with Gasteiger partial charge in [-0.3, -0.25) is 4.98 Å². The zero-order valence-corrected chi connectivity index (χ0v) is 16.4. The number of benzene rings is 2. The molecule has 5 rings (SSSR count). The van der Waals surface area contributed by atoms with E-state index in [1.807, 2.05) is 60.9 Å². The van der Waals surface area contributed by atoms with Gasteiger partial charge in [0.15, 0.2) is 0 Å². The molecule has 28 heavy (non-hydrogen) atoms. The molecule has 0 atom stereocenters. The molecule has 5 heteroatoms. The van der Waals surface area contributed by atoms with E-state index in [0.717, 1.165) is 46.8 Å². The van der Waals surface area contributed by atoms with Gasteiger partial charge in [0, 0.05) is 28.6 Å². The van der Waals surface area contributed by atoms with Gasteiger partial charge in [-0.25, -0.2) is 4.98 Å². The predicted molar refractivity (Wildman–Crippen MR) is 118 cm³/mol. The van der Waals surface area contributed by atoms with Crippen molar-refractivity contribution in [2.45, 2.75) is 17.9 Å². The minimum absolute atomic E-state index is 0.919. The molecule has 3 heterocycles. The third-order valence-electron chi connectivity index (χ3n) is 4.63. The molecule has 140 valence electrons. The monoisotopic (exact) mass is 386 g/mol. The Morgan fingerprint density at radius 1 is 0.929 bits per heavy atom. The van der Waals surface area contributed by atoms with Crippen LogP contribution in [-0.4, -0.2) is 16.5 Å². The minimum Gasteiger partial charge on any atom is -0.339 e. The molecule has 2 aromatic carbocycles. The second kappa shape index (κ2) is 8.87. The summed E-state index contributed by atoms with van der Waals surface area (Å²) in [6.45, 7) is 1.92. The number of nitrogens with one attached hydrogen (secondary N) is 2. The zero-order chi connectivity index (χ0) is 19.2. The molecule has 0 saturated heterocycles. The van der Waals surface area contributed by atoms with E-state index >= 15 is 0 Å². The third-order valence-corrected chi connectivity index (χ3v) is 4.93. The van der Waals surface area contributed by atoms with Crippen molar-refractivity contribution < 1.29 is 0 Å². The summed E-state index contributed by atoms with van der Waals surface area (Å²) < 4.78 is 0. The number of pyridine rings is 2. The van der Waals surface area contributed by atoms with Crippen LogP contribution in [0.25, 0.3) is 10.9 Å². The number of fused-ring (bicyclic) bond motifs is 2. The van der Waals surface area contributed by atoms with Crippen LogP contribution in [0.15, 0.2) is 84.0 Å². The van der Waals surface area contributed by atoms with Gasteiger partial charge in [-0.2, -0.15) is 0 Å². The van der Waals surface area contributed by atoms with E-state index < -0.39 is 0 Å². The molecular formula is C23H22N4S. The van der Waals surface area contributed by atoms with E-state index in [4.69, 9.17) is 0 Å². The molecule has 1 aliphatic rings. The Bertz CT molecular complexity index is 1070. The molecule has 0 unspecified atom stereocenters. The SMILES string of the molecule is Sc1ccccc1.c1ccc2ncc(Nc3nccc4c3CCNC4)cc2c1. The maximum atomic E-state index is 4.50. The minimum atomic E-state index is 0.919. The first-order valence-electron chi connectivity index (χ1n) is 9.33. The fourth-order valence-corrected chi connectivity index (χ4v) is 3.40. The van der Waals surface area contributed by atoms with E-state index in [1.165, 1.54) is 11.1 Å². The lowest BCUT2D eigenvalue weighted by Gasteiger charge is -2.20. The summed E-state index contributed by atoms with van der Waals surface area (Å²) in [6.07, 6.45) is 4.74. The third kappa shape index (κ3) is 4.50. The van der Waals surface area contributed by atoms with Gasteiger partial charge in [-0.05, 0) is 48.9 Å². The molecule has 0 bridgehead atoms. The Balaban J connectivity index is 0.000000233. The van der Waals surface area contributed by atoms with E-state index in [0.29, 0.717) is 0 Å². The first kappa shape index (κ1) is 18.5. The number of nitrogens with zero attached hydrogens (tertiary/aromatic N) is 2. The fourth-order valence-electron chi connectivity index (χ4n) is 3.23. The van der Waals surface area contributed by atoms with Gasteiger partial charge in [0.1, 0.15) is 5.82 Å². The lowest BCUT2D eigenvalue weighted by Crippen LogP contribution is -2.24. The van der Waals surface area contributed by atoms with Gasteiger partial charge >= 0.3 is 0 Å². The van der Waals surface area contributed by atoms with Crippen molar-refractivity contribution in [2.24, 2.45) is 0 Å². The second-order valence-corrected chi connectivity index (χ2v) is 7.12. The number of anilines is 2. The molecule has 2 aromatic heterocycles. The van der Waals surface area contributed by atoms with Crippen LogP contribution >= 0.6 is 12.6 Å². The van der Waals surface area contributed by atoms with Crippen LogP contribution in [0.2, 0.25) is 0 Å². The molecule has 0 amide bonds. The molecule has 0 spiro atoms. The molecular weight excluding hydrogens is 364 g/mol.